The summed E-state index contributed by atoms with van der Waals surface area (Å²) in [4.78, 5) is 13.7. The lowest BCUT2D eigenvalue weighted by Crippen LogP contribution is -2.39. The number of carboxylic acids is 1. The minimum Gasteiger partial charge on any atom is -0.480 e. The van der Waals surface area contributed by atoms with E-state index in [1.165, 1.54) is 0 Å². The van der Waals surface area contributed by atoms with Crippen molar-refractivity contribution in [1.82, 2.24) is 14.7 Å². The summed E-state index contributed by atoms with van der Waals surface area (Å²) in [6, 6.07) is 3.46. The van der Waals surface area contributed by atoms with Crippen LogP contribution in [-0.4, -0.2) is 38.8 Å². The van der Waals surface area contributed by atoms with Crippen molar-refractivity contribution < 1.29 is 9.90 Å². The third-order valence-electron chi connectivity index (χ3n) is 4.14. The summed E-state index contributed by atoms with van der Waals surface area (Å²) >= 11 is 1.55. The maximum atomic E-state index is 11.6. The lowest BCUT2D eigenvalue weighted by Gasteiger charge is -2.35. The number of carboxylic acid groups (broad SMARTS) is 1. The van der Waals surface area contributed by atoms with Gasteiger partial charge in [-0.2, -0.15) is 16.4 Å². The lowest BCUT2D eigenvalue weighted by molar-refractivity contribution is -0.144. The molecule has 5 nitrogen and oxygen atoms in total. The van der Waals surface area contributed by atoms with Gasteiger partial charge in [-0.15, -0.1) is 0 Å². The van der Waals surface area contributed by atoms with Crippen molar-refractivity contribution in [3.05, 3.63) is 40.3 Å². The minimum atomic E-state index is -0.760. The van der Waals surface area contributed by atoms with Crippen molar-refractivity contribution in [3.63, 3.8) is 0 Å². The Hall–Kier alpha value is -1.66. The minimum absolute atomic E-state index is 0.444. The molecule has 0 amide bonds. The Labute approximate surface area is 127 Å². The molecule has 0 saturated carbocycles. The number of thiophene rings is 1. The van der Waals surface area contributed by atoms with Gasteiger partial charge in [-0.25, -0.2) is 0 Å². The van der Waals surface area contributed by atoms with Gasteiger partial charge in [0.1, 0.15) is 6.04 Å². The number of carbonyl (C=O) groups is 1. The van der Waals surface area contributed by atoms with Crippen LogP contribution in [0.3, 0.4) is 0 Å². The van der Waals surface area contributed by atoms with E-state index in [0.29, 0.717) is 5.92 Å². The van der Waals surface area contributed by atoms with Gasteiger partial charge in [0.25, 0.3) is 0 Å². The Morgan fingerprint density at radius 1 is 1.43 bits per heavy atom. The van der Waals surface area contributed by atoms with Gasteiger partial charge in [0.05, 0.1) is 5.69 Å². The third kappa shape index (κ3) is 3.01. The van der Waals surface area contributed by atoms with Crippen molar-refractivity contribution in [2.45, 2.75) is 24.8 Å². The van der Waals surface area contributed by atoms with E-state index in [0.717, 1.165) is 37.2 Å². The van der Waals surface area contributed by atoms with Crippen molar-refractivity contribution >= 4 is 17.3 Å². The number of hydrogen-bond donors (Lipinski definition) is 1. The van der Waals surface area contributed by atoms with Crippen LogP contribution < -0.4 is 0 Å². The van der Waals surface area contributed by atoms with Crippen molar-refractivity contribution in [1.29, 1.82) is 0 Å². The first-order chi connectivity index (χ1) is 10.1. The fourth-order valence-electron chi connectivity index (χ4n) is 3.04. The van der Waals surface area contributed by atoms with Crippen molar-refractivity contribution in [2.75, 3.05) is 13.1 Å². The monoisotopic (exact) mass is 305 g/mol. The number of aryl methyl sites for hydroxylation is 1. The van der Waals surface area contributed by atoms with Crippen LogP contribution in [0.4, 0.5) is 0 Å². The highest BCUT2D eigenvalue weighted by Crippen LogP contribution is 2.32. The normalized spacial score (nSPS) is 18.7. The van der Waals surface area contributed by atoms with E-state index in [1.807, 2.05) is 34.8 Å². The molecule has 0 radical (unpaired) electrons. The van der Waals surface area contributed by atoms with Crippen LogP contribution >= 0.6 is 11.3 Å². The number of likely N-dealkylation sites (tertiary alicyclic amines) is 1. The van der Waals surface area contributed by atoms with Crippen LogP contribution in [0.25, 0.3) is 0 Å². The van der Waals surface area contributed by atoms with E-state index in [-0.39, 0.29) is 0 Å². The summed E-state index contributed by atoms with van der Waals surface area (Å²) in [7, 11) is 1.93. The van der Waals surface area contributed by atoms with Crippen LogP contribution in [0.5, 0.6) is 0 Å². The second-order valence-electron chi connectivity index (χ2n) is 5.52. The first-order valence-electron chi connectivity index (χ1n) is 7.13. The van der Waals surface area contributed by atoms with E-state index in [1.54, 1.807) is 11.3 Å². The number of piperidine rings is 1. The van der Waals surface area contributed by atoms with Gasteiger partial charge in [0.2, 0.25) is 0 Å². The molecule has 1 unspecified atom stereocenters. The number of aliphatic carboxylic acids is 1. The summed E-state index contributed by atoms with van der Waals surface area (Å²) in [5.74, 6) is -0.316. The van der Waals surface area contributed by atoms with Gasteiger partial charge in [-0.05, 0) is 54.4 Å². The molecule has 1 fully saturated rings. The zero-order valence-electron chi connectivity index (χ0n) is 12.0. The first-order valence-corrected chi connectivity index (χ1v) is 8.08. The molecule has 0 bridgehead atoms. The van der Waals surface area contributed by atoms with E-state index in [4.69, 9.17) is 0 Å². The molecule has 21 heavy (non-hydrogen) atoms. The smallest absolute Gasteiger partial charge is 0.325 e. The van der Waals surface area contributed by atoms with Gasteiger partial charge in [0, 0.05) is 19.2 Å². The molecular formula is C15H19N3O2S. The second kappa shape index (κ2) is 5.99. The first kappa shape index (κ1) is 14.3. The molecule has 1 saturated heterocycles. The second-order valence-corrected chi connectivity index (χ2v) is 6.30. The van der Waals surface area contributed by atoms with Crippen LogP contribution in [0.2, 0.25) is 0 Å². The molecule has 0 aromatic carbocycles. The SMILES string of the molecule is Cn1ccc(C2CCN(C(C(=O)O)c3ccsc3)CC2)n1. The lowest BCUT2D eigenvalue weighted by atomic mass is 9.92. The van der Waals surface area contributed by atoms with Crippen molar-refractivity contribution in [2.24, 2.45) is 7.05 Å². The van der Waals surface area contributed by atoms with Crippen LogP contribution in [-0.2, 0) is 11.8 Å². The maximum Gasteiger partial charge on any atom is 0.325 e. The summed E-state index contributed by atoms with van der Waals surface area (Å²) in [5, 5.41) is 17.9. The number of hydrogen-bond acceptors (Lipinski definition) is 4. The summed E-state index contributed by atoms with van der Waals surface area (Å²) < 4.78 is 1.83. The fraction of sp³-hybridized carbons (Fsp3) is 0.467. The molecule has 112 valence electrons. The van der Waals surface area contributed by atoms with Gasteiger partial charge >= 0.3 is 5.97 Å². The van der Waals surface area contributed by atoms with Crippen molar-refractivity contribution in [3.8, 4) is 0 Å². The molecule has 2 aromatic rings. The van der Waals surface area contributed by atoms with E-state index < -0.39 is 12.0 Å². The molecule has 1 atom stereocenters. The molecule has 1 aliphatic rings. The molecule has 3 rings (SSSR count). The average Bonchev–Trinajstić information content (AvgIpc) is 3.11. The van der Waals surface area contributed by atoms with E-state index in [2.05, 4.69) is 16.1 Å². The van der Waals surface area contributed by atoms with Gasteiger partial charge in [0.15, 0.2) is 0 Å². The molecule has 0 spiro atoms. The molecule has 2 aromatic heterocycles. The zero-order valence-corrected chi connectivity index (χ0v) is 12.8. The predicted molar refractivity (Wildman–Crippen MR) is 81.5 cm³/mol. The van der Waals surface area contributed by atoms with Crippen LogP contribution in [0, 0.1) is 0 Å². The quantitative estimate of drug-likeness (QED) is 0.943. The van der Waals surface area contributed by atoms with Gasteiger partial charge in [-0.3, -0.25) is 14.4 Å². The fourth-order valence-corrected chi connectivity index (χ4v) is 3.72. The summed E-state index contributed by atoms with van der Waals surface area (Å²) in [6.45, 7) is 1.60. The number of aromatic nitrogens is 2. The van der Waals surface area contributed by atoms with Gasteiger partial charge < -0.3 is 5.11 Å². The molecule has 6 heteroatoms. The highest BCUT2D eigenvalue weighted by atomic mass is 32.1. The van der Waals surface area contributed by atoms with E-state index in [9.17, 15) is 9.90 Å². The van der Waals surface area contributed by atoms with Crippen LogP contribution in [0.1, 0.15) is 36.1 Å². The molecular weight excluding hydrogens is 286 g/mol. The Morgan fingerprint density at radius 3 is 2.71 bits per heavy atom. The topological polar surface area (TPSA) is 58.4 Å². The Bertz CT molecular complexity index is 600. The highest BCUT2D eigenvalue weighted by Gasteiger charge is 2.32. The maximum absolute atomic E-state index is 11.6. The zero-order chi connectivity index (χ0) is 14.8. The summed E-state index contributed by atoms with van der Waals surface area (Å²) in [5.41, 5.74) is 2.02. The number of rotatable bonds is 4. The average molecular weight is 305 g/mol. The Balaban J connectivity index is 1.68. The van der Waals surface area contributed by atoms with E-state index >= 15 is 0 Å². The molecule has 1 N–H and O–H groups in total. The Morgan fingerprint density at radius 2 is 2.19 bits per heavy atom. The van der Waals surface area contributed by atoms with Crippen LogP contribution in [0.15, 0.2) is 29.1 Å². The molecule has 1 aliphatic heterocycles. The number of nitrogens with zero attached hydrogens (tertiary/aromatic N) is 3. The molecule has 0 aliphatic carbocycles. The Kier molecular flexibility index (Phi) is 4.07. The largest absolute Gasteiger partial charge is 0.480 e. The third-order valence-corrected chi connectivity index (χ3v) is 4.84. The highest BCUT2D eigenvalue weighted by molar-refractivity contribution is 7.08. The standard InChI is InChI=1S/C15H19N3O2S/c1-17-6-4-13(16-17)11-2-7-18(8-3-11)14(15(19)20)12-5-9-21-10-12/h4-6,9-11,14H,2-3,7-8H2,1H3,(H,19,20). The van der Waals surface area contributed by atoms with Gasteiger partial charge in [-0.1, -0.05) is 0 Å². The predicted octanol–water partition coefficient (Wildman–Crippen LogP) is 2.49. The molecule has 3 heterocycles. The summed E-state index contributed by atoms with van der Waals surface area (Å²) in [6.07, 6.45) is 3.89.